The van der Waals surface area contributed by atoms with Crippen LogP contribution in [0.15, 0.2) is 18.2 Å². The number of hydrogen-bond donors (Lipinski definition) is 2. The van der Waals surface area contributed by atoms with Crippen LogP contribution in [0, 0.1) is 13.8 Å². The highest BCUT2D eigenvalue weighted by molar-refractivity contribution is 7.16. The Kier molecular flexibility index (Phi) is 4.90. The van der Waals surface area contributed by atoms with Crippen LogP contribution in [0.1, 0.15) is 31.2 Å². The molecule has 7 heteroatoms. The van der Waals surface area contributed by atoms with Gasteiger partial charge in [0.2, 0.25) is 0 Å². The highest BCUT2D eigenvalue weighted by atomic mass is 32.1. The van der Waals surface area contributed by atoms with E-state index < -0.39 is 11.9 Å². The molecule has 0 aliphatic carbocycles. The Bertz CT molecular complexity index is 766. The van der Waals surface area contributed by atoms with Gasteiger partial charge in [-0.25, -0.2) is 4.79 Å². The monoisotopic (exact) mass is 335 g/mol. The number of anilines is 1. The molecule has 6 nitrogen and oxygen atoms in total. The summed E-state index contributed by atoms with van der Waals surface area (Å²) in [5, 5.41) is 12.3. The number of carboxylic acid groups (broad SMARTS) is 1. The summed E-state index contributed by atoms with van der Waals surface area (Å²) >= 11 is 1.24. The number of aromatic carboxylic acids is 1. The number of hydrogen-bond acceptors (Lipinski definition) is 5. The summed E-state index contributed by atoms with van der Waals surface area (Å²) in [5.41, 5.74) is 1.13. The van der Waals surface area contributed by atoms with Crippen LogP contribution in [-0.4, -0.2) is 31.2 Å². The van der Waals surface area contributed by atoms with Crippen LogP contribution < -0.4 is 14.8 Å². The molecular weight excluding hydrogens is 318 g/mol. The van der Waals surface area contributed by atoms with E-state index in [-0.39, 0.29) is 5.56 Å². The van der Waals surface area contributed by atoms with Crippen molar-refractivity contribution < 1.29 is 24.2 Å². The van der Waals surface area contributed by atoms with Crippen molar-refractivity contribution in [2.75, 3.05) is 19.5 Å². The van der Waals surface area contributed by atoms with Crippen molar-refractivity contribution in [3.8, 4) is 11.5 Å². The van der Waals surface area contributed by atoms with Gasteiger partial charge in [-0.2, -0.15) is 0 Å². The van der Waals surface area contributed by atoms with Crippen molar-refractivity contribution in [2.24, 2.45) is 0 Å². The molecule has 1 heterocycles. The highest BCUT2D eigenvalue weighted by Crippen LogP contribution is 2.33. The molecule has 1 aromatic heterocycles. The molecule has 1 amide bonds. The van der Waals surface area contributed by atoms with E-state index in [9.17, 15) is 14.7 Å². The summed E-state index contributed by atoms with van der Waals surface area (Å²) in [6.07, 6.45) is 0. The number of carbonyl (C=O) groups excluding carboxylic acids is 1. The fourth-order valence-corrected chi connectivity index (χ4v) is 3.17. The maximum atomic E-state index is 12.4. The van der Waals surface area contributed by atoms with Crippen LogP contribution in [0.4, 0.5) is 5.00 Å². The molecular formula is C16H17NO5S. The van der Waals surface area contributed by atoms with E-state index in [1.165, 1.54) is 25.6 Å². The fourth-order valence-electron chi connectivity index (χ4n) is 2.13. The first kappa shape index (κ1) is 16.8. The normalized spacial score (nSPS) is 10.3. The fraction of sp³-hybridized carbons (Fsp3) is 0.250. The number of carboxylic acids is 1. The van der Waals surface area contributed by atoms with Gasteiger partial charge in [0.1, 0.15) is 5.00 Å². The van der Waals surface area contributed by atoms with Crippen molar-refractivity contribution in [1.29, 1.82) is 0 Å². The number of ether oxygens (including phenoxy) is 2. The van der Waals surface area contributed by atoms with Gasteiger partial charge in [0, 0.05) is 10.4 Å². The maximum absolute atomic E-state index is 12.4. The van der Waals surface area contributed by atoms with Gasteiger partial charge in [-0.1, -0.05) is 0 Å². The Hall–Kier alpha value is -2.54. The number of rotatable bonds is 5. The molecule has 0 radical (unpaired) electrons. The first-order valence-corrected chi connectivity index (χ1v) is 7.57. The number of carbonyl (C=O) groups is 2. The Balaban J connectivity index is 2.33. The van der Waals surface area contributed by atoms with Gasteiger partial charge in [-0.05, 0) is 37.6 Å². The maximum Gasteiger partial charge on any atom is 0.338 e. The lowest BCUT2D eigenvalue weighted by Crippen LogP contribution is -2.13. The van der Waals surface area contributed by atoms with Gasteiger partial charge in [0.05, 0.1) is 19.8 Å². The molecule has 0 saturated carbocycles. The summed E-state index contributed by atoms with van der Waals surface area (Å²) < 4.78 is 10.3. The Morgan fingerprint density at radius 2 is 1.78 bits per heavy atom. The van der Waals surface area contributed by atoms with Crippen molar-refractivity contribution in [1.82, 2.24) is 0 Å². The summed E-state index contributed by atoms with van der Waals surface area (Å²) in [6.45, 7) is 3.54. The molecule has 1 aromatic carbocycles. The van der Waals surface area contributed by atoms with Crippen molar-refractivity contribution in [2.45, 2.75) is 13.8 Å². The molecule has 0 bridgehead atoms. The molecule has 0 fully saturated rings. The molecule has 0 unspecified atom stereocenters. The minimum Gasteiger partial charge on any atom is -0.493 e. The summed E-state index contributed by atoms with van der Waals surface area (Å²) in [6, 6.07) is 4.75. The average molecular weight is 335 g/mol. The van der Waals surface area contributed by atoms with Crippen molar-refractivity contribution in [3.63, 3.8) is 0 Å². The lowest BCUT2D eigenvalue weighted by Gasteiger charge is -2.10. The topological polar surface area (TPSA) is 84.9 Å². The molecule has 2 N–H and O–H groups in total. The van der Waals surface area contributed by atoms with E-state index in [2.05, 4.69) is 5.32 Å². The van der Waals surface area contributed by atoms with Gasteiger partial charge < -0.3 is 19.9 Å². The standard InChI is InChI=1S/C16H17NO5S/c1-8-9(2)23-15(13(8)16(19)20)17-14(18)10-5-6-11(21-3)12(7-10)22-4/h5-7H,1-4H3,(H,17,18)(H,19,20). The van der Waals surface area contributed by atoms with Crippen LogP contribution in [0.3, 0.4) is 0 Å². The number of thiophene rings is 1. The number of nitrogens with one attached hydrogen (secondary N) is 1. The molecule has 0 saturated heterocycles. The van der Waals surface area contributed by atoms with E-state index >= 15 is 0 Å². The molecule has 0 atom stereocenters. The predicted octanol–water partition coefficient (Wildman–Crippen LogP) is 3.33. The first-order valence-electron chi connectivity index (χ1n) is 6.75. The largest absolute Gasteiger partial charge is 0.493 e. The zero-order valence-corrected chi connectivity index (χ0v) is 14.0. The van der Waals surface area contributed by atoms with Crippen LogP contribution in [0.2, 0.25) is 0 Å². The number of aryl methyl sites for hydroxylation is 1. The van der Waals surface area contributed by atoms with E-state index in [1.807, 2.05) is 6.92 Å². The predicted molar refractivity (Wildman–Crippen MR) is 88.3 cm³/mol. The van der Waals surface area contributed by atoms with Crippen LogP contribution >= 0.6 is 11.3 Å². The van der Waals surface area contributed by atoms with E-state index in [0.717, 1.165) is 4.88 Å². The average Bonchev–Trinajstić information content (AvgIpc) is 2.80. The van der Waals surface area contributed by atoms with Gasteiger partial charge in [0.15, 0.2) is 11.5 Å². The molecule has 2 aromatic rings. The first-order chi connectivity index (χ1) is 10.9. The quantitative estimate of drug-likeness (QED) is 0.875. The van der Waals surface area contributed by atoms with Crippen molar-refractivity contribution >= 4 is 28.2 Å². The minimum absolute atomic E-state index is 0.126. The second-order valence-electron chi connectivity index (χ2n) is 4.82. The minimum atomic E-state index is -1.06. The number of benzene rings is 1. The smallest absolute Gasteiger partial charge is 0.338 e. The van der Waals surface area contributed by atoms with Gasteiger partial charge in [-0.15, -0.1) is 11.3 Å². The lowest BCUT2D eigenvalue weighted by atomic mass is 10.1. The third kappa shape index (κ3) is 3.29. The molecule has 0 spiro atoms. The lowest BCUT2D eigenvalue weighted by molar-refractivity contribution is 0.0697. The van der Waals surface area contributed by atoms with Gasteiger partial charge >= 0.3 is 5.97 Å². The van der Waals surface area contributed by atoms with Gasteiger partial charge in [0.25, 0.3) is 5.91 Å². The Labute approximate surface area is 137 Å². The van der Waals surface area contributed by atoms with Gasteiger partial charge in [-0.3, -0.25) is 4.79 Å². The van der Waals surface area contributed by atoms with Crippen LogP contribution in [-0.2, 0) is 0 Å². The molecule has 23 heavy (non-hydrogen) atoms. The Morgan fingerprint density at radius 3 is 2.35 bits per heavy atom. The van der Waals surface area contributed by atoms with E-state index in [0.29, 0.717) is 27.6 Å². The summed E-state index contributed by atoms with van der Waals surface area (Å²) in [5.74, 6) is -0.528. The molecule has 122 valence electrons. The highest BCUT2D eigenvalue weighted by Gasteiger charge is 2.21. The van der Waals surface area contributed by atoms with Crippen LogP contribution in [0.5, 0.6) is 11.5 Å². The molecule has 0 aliphatic rings. The third-order valence-corrected chi connectivity index (χ3v) is 4.59. The SMILES string of the molecule is COc1ccc(C(=O)Nc2sc(C)c(C)c2C(=O)O)cc1OC. The second kappa shape index (κ2) is 6.70. The molecule has 0 aliphatic heterocycles. The van der Waals surface area contributed by atoms with E-state index in [1.54, 1.807) is 25.1 Å². The number of methoxy groups -OCH3 is 2. The Morgan fingerprint density at radius 1 is 1.13 bits per heavy atom. The zero-order valence-electron chi connectivity index (χ0n) is 13.2. The summed E-state index contributed by atoms with van der Waals surface area (Å²) in [4.78, 5) is 24.6. The second-order valence-corrected chi connectivity index (χ2v) is 6.04. The van der Waals surface area contributed by atoms with Crippen molar-refractivity contribution in [3.05, 3.63) is 39.8 Å². The summed E-state index contributed by atoms with van der Waals surface area (Å²) in [7, 11) is 2.99. The van der Waals surface area contributed by atoms with E-state index in [4.69, 9.17) is 9.47 Å². The number of amides is 1. The zero-order chi connectivity index (χ0) is 17.1. The van der Waals surface area contributed by atoms with Crippen LogP contribution in [0.25, 0.3) is 0 Å². The third-order valence-electron chi connectivity index (χ3n) is 3.47. The molecule has 2 rings (SSSR count).